The number of carbonyl (C=O) groups is 5. The Balaban J connectivity index is 1.51. The van der Waals surface area contributed by atoms with Gasteiger partial charge in [0.15, 0.2) is 0 Å². The second-order valence-corrected chi connectivity index (χ2v) is 12.8. The summed E-state index contributed by atoms with van der Waals surface area (Å²) >= 11 is 1.26. The number of imide groups is 1. The Morgan fingerprint density at radius 1 is 1.14 bits per heavy atom. The topological polar surface area (TPSA) is 173 Å². The Bertz CT molecular complexity index is 1240. The van der Waals surface area contributed by atoms with E-state index >= 15 is 0 Å². The molecule has 0 unspecified atom stereocenters. The lowest BCUT2D eigenvalue weighted by Crippen LogP contribution is -2.71. The van der Waals surface area contributed by atoms with Gasteiger partial charge in [0, 0.05) is 4.75 Å². The first kappa shape index (κ1) is 25.8. The van der Waals surface area contributed by atoms with Crippen molar-refractivity contribution in [2.75, 3.05) is 19.3 Å². The van der Waals surface area contributed by atoms with Gasteiger partial charge in [0.25, 0.3) is 0 Å². The zero-order valence-corrected chi connectivity index (χ0v) is 21.2. The summed E-state index contributed by atoms with van der Waals surface area (Å²) in [6, 6.07) is 2.76. The van der Waals surface area contributed by atoms with Gasteiger partial charge in [0.05, 0.1) is 19.3 Å². The summed E-state index contributed by atoms with van der Waals surface area (Å²) in [7, 11) is -3.87. The molecule has 0 saturated carbocycles. The number of β-lactam (4-membered cyclic amide) rings is 1. The molecule has 3 saturated heterocycles. The van der Waals surface area contributed by atoms with Gasteiger partial charge in [-0.3, -0.25) is 9.59 Å². The van der Waals surface area contributed by atoms with Crippen LogP contribution in [0.1, 0.15) is 25.5 Å². The number of carboxylic acid groups (broad SMARTS) is 1. The first-order valence-electron chi connectivity index (χ1n) is 10.9. The van der Waals surface area contributed by atoms with Crippen molar-refractivity contribution in [2.45, 2.75) is 42.1 Å². The standard InChI is InChI=1S/C21H25N5O8S2/c1-21(2)14(18(29)30)26-16(28)13(17(26)35-21)22-15(27)12(11-7-5-4-6-8-11)23-19(31)24-9-10-25(20(24)32)36(3,33)34/h4-8,12-14,17H,9-10H2,1-3H3,(H,22,27)(H,23,31)(H,29,30)/t12-,13+,14+,17+/m0/s1. The molecule has 1 aromatic carbocycles. The van der Waals surface area contributed by atoms with Crippen LogP contribution in [0.3, 0.4) is 0 Å². The summed E-state index contributed by atoms with van der Waals surface area (Å²) in [5, 5.41) is 14.0. The van der Waals surface area contributed by atoms with E-state index in [9.17, 15) is 37.5 Å². The van der Waals surface area contributed by atoms with Crippen molar-refractivity contribution < 1.29 is 37.5 Å². The van der Waals surface area contributed by atoms with Gasteiger partial charge < -0.3 is 20.6 Å². The number of carbonyl (C=O) groups excluding carboxylic acids is 4. The SMILES string of the molecule is CC1(C)S[C@@H]2[C@H](NC(=O)[C@@H](NC(=O)N3CCN(S(C)(=O)=O)C3=O)c3ccccc3)C(=O)N2[C@@H]1C(=O)O. The van der Waals surface area contributed by atoms with Gasteiger partial charge in [-0.1, -0.05) is 30.3 Å². The maximum absolute atomic E-state index is 13.3. The number of aliphatic carboxylic acids is 1. The van der Waals surface area contributed by atoms with E-state index in [1.54, 1.807) is 44.2 Å². The van der Waals surface area contributed by atoms with Crippen LogP contribution in [-0.2, 0) is 24.4 Å². The van der Waals surface area contributed by atoms with E-state index in [1.807, 2.05) is 0 Å². The van der Waals surface area contributed by atoms with Crippen LogP contribution in [0.25, 0.3) is 0 Å². The van der Waals surface area contributed by atoms with Gasteiger partial charge >= 0.3 is 18.0 Å². The van der Waals surface area contributed by atoms with Crippen LogP contribution in [0.2, 0.25) is 0 Å². The molecule has 13 nitrogen and oxygen atoms in total. The second-order valence-electron chi connectivity index (χ2n) is 9.15. The van der Waals surface area contributed by atoms with Crippen LogP contribution in [0.4, 0.5) is 9.59 Å². The van der Waals surface area contributed by atoms with Gasteiger partial charge in [0.2, 0.25) is 21.8 Å². The van der Waals surface area contributed by atoms with Crippen LogP contribution in [0.5, 0.6) is 0 Å². The average Bonchev–Trinajstić information content (AvgIpc) is 3.31. The molecule has 0 aliphatic carbocycles. The van der Waals surface area contributed by atoms with Gasteiger partial charge in [-0.15, -0.1) is 11.8 Å². The molecular weight excluding hydrogens is 514 g/mol. The number of carboxylic acids is 1. The summed E-state index contributed by atoms with van der Waals surface area (Å²) in [6.45, 7) is 3.02. The number of benzene rings is 1. The molecule has 3 aliphatic rings. The fraction of sp³-hybridized carbons (Fsp3) is 0.476. The maximum atomic E-state index is 13.3. The molecule has 4 atom stereocenters. The predicted molar refractivity (Wildman–Crippen MR) is 127 cm³/mol. The van der Waals surface area contributed by atoms with Crippen molar-refractivity contribution in [2.24, 2.45) is 0 Å². The summed E-state index contributed by atoms with van der Waals surface area (Å²) < 4.78 is 23.3. The normalized spacial score (nSPS) is 25.8. The predicted octanol–water partition coefficient (Wildman–Crippen LogP) is -0.234. The Morgan fingerprint density at radius 3 is 2.33 bits per heavy atom. The highest BCUT2D eigenvalue weighted by Crippen LogP contribution is 2.50. The average molecular weight is 540 g/mol. The van der Waals surface area contributed by atoms with E-state index in [2.05, 4.69) is 10.6 Å². The second kappa shape index (κ2) is 8.96. The monoisotopic (exact) mass is 539 g/mol. The number of fused-ring (bicyclic) bond motifs is 1. The van der Waals surface area contributed by atoms with Crippen molar-refractivity contribution in [3.8, 4) is 0 Å². The largest absolute Gasteiger partial charge is 0.480 e. The minimum Gasteiger partial charge on any atom is -0.480 e. The van der Waals surface area contributed by atoms with Crippen LogP contribution in [0.15, 0.2) is 30.3 Å². The van der Waals surface area contributed by atoms with E-state index in [1.165, 1.54) is 16.7 Å². The first-order chi connectivity index (χ1) is 16.7. The highest BCUT2D eigenvalue weighted by Gasteiger charge is 2.64. The number of urea groups is 2. The summed E-state index contributed by atoms with van der Waals surface area (Å²) in [5.41, 5.74) is 0.362. The number of rotatable bonds is 6. The molecule has 3 aliphatic heterocycles. The van der Waals surface area contributed by atoms with E-state index in [4.69, 9.17) is 0 Å². The smallest absolute Gasteiger partial charge is 0.341 e. The van der Waals surface area contributed by atoms with Crippen molar-refractivity contribution >= 4 is 51.6 Å². The van der Waals surface area contributed by atoms with Crippen molar-refractivity contribution in [1.29, 1.82) is 0 Å². The summed E-state index contributed by atoms with van der Waals surface area (Å²) in [4.78, 5) is 65.0. The highest BCUT2D eigenvalue weighted by molar-refractivity contribution is 8.01. The lowest BCUT2D eigenvalue weighted by Gasteiger charge is -2.44. The minimum atomic E-state index is -3.87. The Labute approximate surface area is 211 Å². The molecule has 4 rings (SSSR count). The molecule has 0 radical (unpaired) electrons. The highest BCUT2D eigenvalue weighted by atomic mass is 32.2. The Kier molecular flexibility index (Phi) is 6.41. The first-order valence-corrected chi connectivity index (χ1v) is 13.6. The third kappa shape index (κ3) is 4.36. The molecule has 15 heteroatoms. The van der Waals surface area contributed by atoms with Crippen molar-refractivity contribution in [1.82, 2.24) is 24.7 Å². The van der Waals surface area contributed by atoms with Gasteiger partial charge in [-0.25, -0.2) is 32.0 Å². The molecule has 194 valence electrons. The molecular formula is C21H25N5O8S2. The Hall–Kier alpha value is -3.33. The number of amides is 6. The van der Waals surface area contributed by atoms with Crippen LogP contribution in [-0.4, -0.2) is 99.0 Å². The van der Waals surface area contributed by atoms with Gasteiger partial charge in [0.1, 0.15) is 23.5 Å². The Morgan fingerprint density at radius 2 is 1.78 bits per heavy atom. The van der Waals surface area contributed by atoms with Gasteiger partial charge in [-0.05, 0) is 19.4 Å². The molecule has 0 aromatic heterocycles. The van der Waals surface area contributed by atoms with Crippen LogP contribution < -0.4 is 10.6 Å². The number of nitrogens with one attached hydrogen (secondary N) is 2. The van der Waals surface area contributed by atoms with Crippen molar-refractivity contribution in [3.05, 3.63) is 35.9 Å². The van der Waals surface area contributed by atoms with Gasteiger partial charge in [-0.2, -0.15) is 0 Å². The number of hydrogen-bond donors (Lipinski definition) is 3. The van der Waals surface area contributed by atoms with E-state index in [0.717, 1.165) is 6.26 Å². The molecule has 36 heavy (non-hydrogen) atoms. The third-order valence-corrected chi connectivity index (χ3v) is 8.96. The molecule has 0 spiro atoms. The maximum Gasteiger partial charge on any atom is 0.341 e. The summed E-state index contributed by atoms with van der Waals surface area (Å²) in [6.07, 6.45) is 0.850. The quantitative estimate of drug-likeness (QED) is 0.413. The van der Waals surface area contributed by atoms with E-state index in [0.29, 0.717) is 14.8 Å². The lowest BCUT2D eigenvalue weighted by molar-refractivity contribution is -0.161. The van der Waals surface area contributed by atoms with Crippen molar-refractivity contribution in [3.63, 3.8) is 0 Å². The molecule has 3 N–H and O–H groups in total. The number of nitrogens with zero attached hydrogens (tertiary/aromatic N) is 3. The molecule has 0 bridgehead atoms. The molecule has 6 amide bonds. The van der Waals surface area contributed by atoms with Crippen LogP contribution >= 0.6 is 11.8 Å². The van der Waals surface area contributed by atoms with Crippen LogP contribution in [0, 0.1) is 0 Å². The molecule has 3 fully saturated rings. The fourth-order valence-electron chi connectivity index (χ4n) is 4.54. The number of sulfonamides is 1. The summed E-state index contributed by atoms with van der Waals surface area (Å²) in [5.74, 6) is -2.42. The number of thioether (sulfide) groups is 1. The van der Waals surface area contributed by atoms with E-state index < -0.39 is 68.1 Å². The molecule has 3 heterocycles. The minimum absolute atomic E-state index is 0.193. The number of hydrogen-bond acceptors (Lipinski definition) is 8. The fourth-order valence-corrected chi connectivity index (χ4v) is 6.96. The zero-order chi connectivity index (χ0) is 26.6. The lowest BCUT2D eigenvalue weighted by atomic mass is 9.95. The zero-order valence-electron chi connectivity index (χ0n) is 19.6. The molecule has 1 aromatic rings. The third-order valence-electron chi connectivity index (χ3n) is 6.25. The van der Waals surface area contributed by atoms with E-state index in [-0.39, 0.29) is 13.1 Å².